The molecule has 1 aliphatic rings. The van der Waals surface area contributed by atoms with Gasteiger partial charge in [0.15, 0.2) is 0 Å². The van der Waals surface area contributed by atoms with Crippen molar-refractivity contribution < 1.29 is 9.13 Å². The van der Waals surface area contributed by atoms with E-state index >= 15 is 0 Å². The number of hydrogen-bond donors (Lipinski definition) is 0. The fourth-order valence-corrected chi connectivity index (χ4v) is 3.11. The van der Waals surface area contributed by atoms with Crippen LogP contribution in [0.15, 0.2) is 30.6 Å². The van der Waals surface area contributed by atoms with E-state index in [2.05, 4.69) is 14.5 Å². The maximum Gasteiger partial charge on any atom is 0.123 e. The number of rotatable bonds is 4. The number of ether oxygens (including phenoxy) is 1. The van der Waals surface area contributed by atoms with E-state index in [1.165, 1.54) is 17.8 Å². The summed E-state index contributed by atoms with van der Waals surface area (Å²) >= 11 is 0. The lowest BCUT2D eigenvalue weighted by Gasteiger charge is -2.32. The van der Waals surface area contributed by atoms with Crippen molar-refractivity contribution >= 4 is 0 Å². The summed E-state index contributed by atoms with van der Waals surface area (Å²) in [5, 5.41) is 0. The minimum Gasteiger partial charge on any atom is -0.384 e. The van der Waals surface area contributed by atoms with E-state index in [4.69, 9.17) is 4.74 Å². The predicted octanol–water partition coefficient (Wildman–Crippen LogP) is 2.31. The lowest BCUT2D eigenvalue weighted by Crippen LogP contribution is -2.35. The quantitative estimate of drug-likeness (QED) is 0.865. The second-order valence-corrected chi connectivity index (χ2v) is 5.64. The molecule has 0 spiro atoms. The maximum absolute atomic E-state index is 13.0. The molecular formula is C16H20FN3O. The van der Waals surface area contributed by atoms with Gasteiger partial charge in [-0.25, -0.2) is 9.37 Å². The Bertz CT molecular complexity index is 608. The lowest BCUT2D eigenvalue weighted by molar-refractivity contribution is 0.132. The van der Waals surface area contributed by atoms with Gasteiger partial charge >= 0.3 is 0 Å². The average Bonchev–Trinajstić information content (AvgIpc) is 2.83. The SMILES string of the molecule is COC[C@@H]1CN(Cc2ccc(F)cc2)Cc2ncn(C)c21. The molecule has 21 heavy (non-hydrogen) atoms. The summed E-state index contributed by atoms with van der Waals surface area (Å²) in [6.07, 6.45) is 1.87. The van der Waals surface area contributed by atoms with Crippen molar-refractivity contribution in [1.82, 2.24) is 14.5 Å². The smallest absolute Gasteiger partial charge is 0.123 e. The zero-order valence-corrected chi connectivity index (χ0v) is 12.4. The average molecular weight is 289 g/mol. The van der Waals surface area contributed by atoms with E-state index in [0.717, 1.165) is 30.9 Å². The summed E-state index contributed by atoms with van der Waals surface area (Å²) in [5.74, 6) is 0.133. The van der Waals surface area contributed by atoms with Gasteiger partial charge in [0.05, 0.1) is 18.6 Å². The van der Waals surface area contributed by atoms with Crippen LogP contribution >= 0.6 is 0 Å². The number of methoxy groups -OCH3 is 1. The van der Waals surface area contributed by atoms with Gasteiger partial charge in [-0.15, -0.1) is 0 Å². The summed E-state index contributed by atoms with van der Waals surface area (Å²) < 4.78 is 20.4. The third-order valence-corrected chi connectivity index (χ3v) is 3.99. The van der Waals surface area contributed by atoms with E-state index in [-0.39, 0.29) is 5.82 Å². The molecule has 1 aromatic heterocycles. The molecule has 0 fully saturated rings. The molecule has 2 aromatic rings. The van der Waals surface area contributed by atoms with Crippen molar-refractivity contribution in [3.8, 4) is 0 Å². The molecule has 1 aliphatic heterocycles. The van der Waals surface area contributed by atoms with Gasteiger partial charge in [0, 0.05) is 45.4 Å². The first-order valence-corrected chi connectivity index (χ1v) is 7.13. The Hall–Kier alpha value is -1.72. The van der Waals surface area contributed by atoms with Crippen molar-refractivity contribution in [3.05, 3.63) is 53.4 Å². The highest BCUT2D eigenvalue weighted by molar-refractivity contribution is 5.23. The summed E-state index contributed by atoms with van der Waals surface area (Å²) in [6, 6.07) is 6.71. The molecule has 0 unspecified atom stereocenters. The molecule has 0 radical (unpaired) electrons. The van der Waals surface area contributed by atoms with Gasteiger partial charge < -0.3 is 9.30 Å². The van der Waals surface area contributed by atoms with Crippen LogP contribution in [-0.2, 0) is 24.9 Å². The summed E-state index contributed by atoms with van der Waals surface area (Å²) in [5.41, 5.74) is 3.51. The monoisotopic (exact) mass is 289 g/mol. The maximum atomic E-state index is 13.0. The predicted molar refractivity (Wildman–Crippen MR) is 78.3 cm³/mol. The van der Waals surface area contributed by atoms with Gasteiger partial charge in [0.1, 0.15) is 5.82 Å². The molecule has 1 atom stereocenters. The number of halogens is 1. The number of imidazole rings is 1. The summed E-state index contributed by atoms with van der Waals surface area (Å²) in [6.45, 7) is 3.24. The molecule has 0 bridgehead atoms. The third-order valence-electron chi connectivity index (χ3n) is 3.99. The largest absolute Gasteiger partial charge is 0.384 e. The Morgan fingerprint density at radius 2 is 2.10 bits per heavy atom. The molecule has 3 rings (SSSR count). The molecule has 1 aromatic carbocycles. The second-order valence-electron chi connectivity index (χ2n) is 5.64. The third kappa shape index (κ3) is 2.99. The van der Waals surface area contributed by atoms with E-state index < -0.39 is 0 Å². The first-order chi connectivity index (χ1) is 10.2. The minimum atomic E-state index is -0.193. The van der Waals surface area contributed by atoms with E-state index in [1.54, 1.807) is 7.11 Å². The Kier molecular flexibility index (Phi) is 4.03. The van der Waals surface area contributed by atoms with Crippen LogP contribution in [0.3, 0.4) is 0 Å². The van der Waals surface area contributed by atoms with Gasteiger partial charge in [0.2, 0.25) is 0 Å². The Labute approximate surface area is 124 Å². The van der Waals surface area contributed by atoms with Crippen LogP contribution in [0.4, 0.5) is 4.39 Å². The van der Waals surface area contributed by atoms with Crippen LogP contribution in [0.1, 0.15) is 22.9 Å². The minimum absolute atomic E-state index is 0.193. The number of benzene rings is 1. The van der Waals surface area contributed by atoms with Crippen molar-refractivity contribution in [2.24, 2.45) is 7.05 Å². The summed E-state index contributed by atoms with van der Waals surface area (Å²) in [4.78, 5) is 6.84. The standard InChI is InChI=1S/C16H20FN3O/c1-19-11-18-15-9-20(8-13(10-21-2)16(15)19)7-12-3-5-14(17)6-4-12/h3-6,11,13H,7-10H2,1-2H3/t13-/m0/s1. The normalized spacial score (nSPS) is 18.7. The van der Waals surface area contributed by atoms with Crippen LogP contribution in [0.25, 0.3) is 0 Å². The van der Waals surface area contributed by atoms with Crippen molar-refractivity contribution in [1.29, 1.82) is 0 Å². The Morgan fingerprint density at radius 3 is 2.81 bits per heavy atom. The van der Waals surface area contributed by atoms with Crippen molar-refractivity contribution in [2.45, 2.75) is 19.0 Å². The number of aryl methyl sites for hydroxylation is 1. The summed E-state index contributed by atoms with van der Waals surface area (Å²) in [7, 11) is 3.76. The molecule has 5 heteroatoms. The molecule has 2 heterocycles. The van der Waals surface area contributed by atoms with Gasteiger partial charge in [-0.2, -0.15) is 0 Å². The fraction of sp³-hybridized carbons (Fsp3) is 0.438. The molecule has 112 valence electrons. The molecule has 0 saturated carbocycles. The van der Waals surface area contributed by atoms with Crippen LogP contribution in [-0.4, -0.2) is 34.7 Å². The van der Waals surface area contributed by atoms with Crippen LogP contribution in [0.5, 0.6) is 0 Å². The Balaban J connectivity index is 1.78. The van der Waals surface area contributed by atoms with E-state index in [0.29, 0.717) is 12.5 Å². The van der Waals surface area contributed by atoms with Gasteiger partial charge in [-0.05, 0) is 17.7 Å². The molecule has 0 saturated heterocycles. The number of aromatic nitrogens is 2. The number of hydrogen-bond acceptors (Lipinski definition) is 3. The first kappa shape index (κ1) is 14.2. The van der Waals surface area contributed by atoms with Crippen LogP contribution in [0.2, 0.25) is 0 Å². The highest BCUT2D eigenvalue weighted by Crippen LogP contribution is 2.28. The zero-order chi connectivity index (χ0) is 14.8. The number of nitrogens with zero attached hydrogens (tertiary/aromatic N) is 3. The molecule has 0 N–H and O–H groups in total. The van der Waals surface area contributed by atoms with Gasteiger partial charge in [-0.1, -0.05) is 12.1 Å². The topological polar surface area (TPSA) is 30.3 Å². The zero-order valence-electron chi connectivity index (χ0n) is 12.4. The van der Waals surface area contributed by atoms with Crippen LogP contribution in [0, 0.1) is 5.82 Å². The molecular weight excluding hydrogens is 269 g/mol. The number of fused-ring (bicyclic) bond motifs is 1. The fourth-order valence-electron chi connectivity index (χ4n) is 3.11. The van der Waals surface area contributed by atoms with E-state index in [1.807, 2.05) is 25.5 Å². The molecule has 0 amide bonds. The highest BCUT2D eigenvalue weighted by atomic mass is 19.1. The molecule has 4 nitrogen and oxygen atoms in total. The van der Waals surface area contributed by atoms with Gasteiger partial charge in [-0.3, -0.25) is 4.90 Å². The lowest BCUT2D eigenvalue weighted by atomic mass is 9.98. The first-order valence-electron chi connectivity index (χ1n) is 7.13. The van der Waals surface area contributed by atoms with Crippen molar-refractivity contribution in [3.63, 3.8) is 0 Å². The van der Waals surface area contributed by atoms with Crippen molar-refractivity contribution in [2.75, 3.05) is 20.3 Å². The van der Waals surface area contributed by atoms with Gasteiger partial charge in [0.25, 0.3) is 0 Å². The second kappa shape index (κ2) is 5.95. The van der Waals surface area contributed by atoms with E-state index in [9.17, 15) is 4.39 Å². The molecule has 0 aliphatic carbocycles. The highest BCUT2D eigenvalue weighted by Gasteiger charge is 2.28. The Morgan fingerprint density at radius 1 is 1.33 bits per heavy atom. The van der Waals surface area contributed by atoms with Crippen LogP contribution < -0.4 is 0 Å².